The van der Waals surface area contributed by atoms with Gasteiger partial charge in [-0.25, -0.2) is 0 Å². The Morgan fingerprint density at radius 3 is 2.67 bits per heavy atom. The lowest BCUT2D eigenvalue weighted by atomic mass is 10.2. The first kappa shape index (κ1) is 12.3. The number of rotatable bonds is 3. The summed E-state index contributed by atoms with van der Waals surface area (Å²) in [4.78, 5) is 11.0. The second kappa shape index (κ2) is 4.28. The van der Waals surface area contributed by atoms with Crippen LogP contribution in [0.2, 0.25) is 0 Å². The Hall–Kier alpha value is -2.12. The number of hydrogen-bond donors (Lipinski definition) is 0. The van der Waals surface area contributed by atoms with Crippen LogP contribution >= 0.6 is 0 Å². The molecule has 0 saturated heterocycles. The van der Waals surface area contributed by atoms with Crippen LogP contribution in [-0.2, 0) is 13.6 Å². The van der Waals surface area contributed by atoms with E-state index < -0.39 is 12.0 Å². The molecule has 0 spiro atoms. The van der Waals surface area contributed by atoms with Crippen LogP contribution in [0.4, 0.5) is 13.2 Å². The predicted octanol–water partition coefficient (Wildman–Crippen LogP) is 1.41. The van der Waals surface area contributed by atoms with E-state index in [1.54, 1.807) is 13.2 Å². The Morgan fingerprint density at radius 1 is 1.39 bits per heavy atom. The molecule has 2 aromatic rings. The summed E-state index contributed by atoms with van der Waals surface area (Å²) in [5.74, 6) is -1.85. The van der Waals surface area contributed by atoms with Crippen molar-refractivity contribution in [1.29, 1.82) is 0 Å². The third-order valence-corrected chi connectivity index (χ3v) is 2.26. The van der Waals surface area contributed by atoms with Gasteiger partial charge in [0.15, 0.2) is 0 Å². The molecule has 2 aromatic heterocycles. The molecule has 0 aliphatic rings. The molecular weight excluding hydrogens is 249 g/mol. The number of hydrogen-bond acceptors (Lipinski definition) is 3. The van der Waals surface area contributed by atoms with Gasteiger partial charge < -0.3 is 4.57 Å². The van der Waals surface area contributed by atoms with E-state index in [9.17, 15) is 18.0 Å². The summed E-state index contributed by atoms with van der Waals surface area (Å²) in [6.45, 7) is 0.263. The number of Topliss-reactive ketones (excluding diaryl/α,β-unsaturated/α-hetero) is 1. The Kier molecular flexibility index (Phi) is 2.93. The van der Waals surface area contributed by atoms with Gasteiger partial charge >= 0.3 is 6.18 Å². The van der Waals surface area contributed by atoms with Crippen LogP contribution in [0.15, 0.2) is 24.7 Å². The lowest BCUT2D eigenvalue weighted by molar-refractivity contribution is -0.0885. The molecule has 0 radical (unpaired) electrons. The molecule has 0 aromatic carbocycles. The number of halogens is 3. The topological polar surface area (TPSA) is 52.7 Å². The van der Waals surface area contributed by atoms with Gasteiger partial charge in [0.2, 0.25) is 0 Å². The number of aryl methyl sites for hydroxylation is 1. The zero-order valence-corrected chi connectivity index (χ0v) is 9.35. The highest BCUT2D eigenvalue weighted by Crippen LogP contribution is 2.21. The summed E-state index contributed by atoms with van der Waals surface area (Å²) in [6, 6.07) is 1.13. The van der Waals surface area contributed by atoms with E-state index in [-0.39, 0.29) is 12.1 Å². The van der Waals surface area contributed by atoms with Crippen molar-refractivity contribution >= 4 is 5.78 Å². The number of aromatic nitrogens is 4. The quantitative estimate of drug-likeness (QED) is 0.782. The average Bonchev–Trinajstić information content (AvgIpc) is 2.86. The summed E-state index contributed by atoms with van der Waals surface area (Å²) < 4.78 is 39.5. The first-order valence-electron chi connectivity index (χ1n) is 4.99. The highest BCUT2D eigenvalue weighted by atomic mass is 19.4. The van der Waals surface area contributed by atoms with Gasteiger partial charge in [-0.05, 0) is 6.07 Å². The fraction of sp³-hybridized carbons (Fsp3) is 0.300. The second-order valence-corrected chi connectivity index (χ2v) is 3.78. The SMILES string of the molecule is Cn1cc(Cn2ccc(C(=O)C(F)(F)F)c2)nn1. The maximum absolute atomic E-state index is 12.2. The summed E-state index contributed by atoms with van der Waals surface area (Å²) in [5, 5.41) is 7.50. The average molecular weight is 258 g/mol. The zero-order chi connectivity index (χ0) is 13.3. The molecule has 0 aliphatic heterocycles. The molecule has 0 amide bonds. The molecule has 0 atom stereocenters. The lowest BCUT2D eigenvalue weighted by Crippen LogP contribution is -2.22. The molecule has 2 rings (SSSR count). The monoisotopic (exact) mass is 258 g/mol. The van der Waals surface area contributed by atoms with Crippen LogP contribution in [0, 0.1) is 0 Å². The van der Waals surface area contributed by atoms with E-state index in [0.717, 1.165) is 12.3 Å². The number of alkyl halides is 3. The molecule has 0 bridgehead atoms. The molecule has 0 N–H and O–H groups in total. The van der Waals surface area contributed by atoms with Gasteiger partial charge in [0.05, 0.1) is 6.54 Å². The van der Waals surface area contributed by atoms with E-state index in [2.05, 4.69) is 10.3 Å². The van der Waals surface area contributed by atoms with Crippen molar-refractivity contribution in [3.63, 3.8) is 0 Å². The minimum Gasteiger partial charge on any atom is -0.347 e. The number of nitrogens with zero attached hydrogens (tertiary/aromatic N) is 4. The van der Waals surface area contributed by atoms with Crippen molar-refractivity contribution in [2.75, 3.05) is 0 Å². The van der Waals surface area contributed by atoms with E-state index in [1.807, 2.05) is 0 Å². The third kappa shape index (κ3) is 2.58. The number of ketones is 1. The highest BCUT2D eigenvalue weighted by Gasteiger charge is 2.39. The van der Waals surface area contributed by atoms with Crippen molar-refractivity contribution < 1.29 is 18.0 Å². The predicted molar refractivity (Wildman–Crippen MR) is 54.9 cm³/mol. The number of carbonyl (C=O) groups is 1. The third-order valence-electron chi connectivity index (χ3n) is 2.26. The smallest absolute Gasteiger partial charge is 0.347 e. The largest absolute Gasteiger partial charge is 0.454 e. The molecule has 0 saturated carbocycles. The molecule has 0 aliphatic carbocycles. The Labute approximate surface area is 99.8 Å². The van der Waals surface area contributed by atoms with Crippen LogP contribution in [0.5, 0.6) is 0 Å². The van der Waals surface area contributed by atoms with Gasteiger partial charge in [-0.1, -0.05) is 5.21 Å². The molecule has 18 heavy (non-hydrogen) atoms. The summed E-state index contributed by atoms with van der Waals surface area (Å²) in [6.07, 6.45) is -0.665. The van der Waals surface area contributed by atoms with Gasteiger partial charge in [-0.3, -0.25) is 9.48 Å². The van der Waals surface area contributed by atoms with Crippen molar-refractivity contribution in [2.45, 2.75) is 12.7 Å². The van der Waals surface area contributed by atoms with Crippen LogP contribution < -0.4 is 0 Å². The van der Waals surface area contributed by atoms with Crippen molar-refractivity contribution in [3.8, 4) is 0 Å². The zero-order valence-electron chi connectivity index (χ0n) is 9.35. The Morgan fingerprint density at radius 2 is 2.11 bits per heavy atom. The normalized spacial score (nSPS) is 11.8. The highest BCUT2D eigenvalue weighted by molar-refractivity contribution is 6.00. The van der Waals surface area contributed by atoms with Gasteiger partial charge in [0, 0.05) is 31.2 Å². The minimum atomic E-state index is -4.85. The summed E-state index contributed by atoms with van der Waals surface area (Å²) in [5.41, 5.74) is 0.213. The standard InChI is InChI=1S/C10H9F3N4O/c1-16-5-8(14-15-16)6-17-3-2-7(4-17)9(18)10(11,12)13/h2-5H,6H2,1H3. The first-order chi connectivity index (χ1) is 8.36. The number of carbonyl (C=O) groups excluding carboxylic acids is 1. The maximum Gasteiger partial charge on any atom is 0.454 e. The Bertz CT molecular complexity index is 570. The maximum atomic E-state index is 12.2. The Balaban J connectivity index is 2.14. The second-order valence-electron chi connectivity index (χ2n) is 3.78. The van der Waals surface area contributed by atoms with Crippen molar-refractivity contribution in [2.24, 2.45) is 7.05 Å². The molecule has 0 fully saturated rings. The van der Waals surface area contributed by atoms with Crippen molar-refractivity contribution in [1.82, 2.24) is 19.6 Å². The van der Waals surface area contributed by atoms with Crippen molar-refractivity contribution in [3.05, 3.63) is 35.9 Å². The molecule has 5 nitrogen and oxygen atoms in total. The van der Waals surface area contributed by atoms with E-state index in [4.69, 9.17) is 0 Å². The van der Waals surface area contributed by atoms with E-state index in [1.165, 1.54) is 15.4 Å². The van der Waals surface area contributed by atoms with Crippen LogP contribution in [0.3, 0.4) is 0 Å². The fourth-order valence-electron chi connectivity index (χ4n) is 1.49. The molecule has 0 unspecified atom stereocenters. The van der Waals surface area contributed by atoms with Crippen LogP contribution in [0.1, 0.15) is 16.1 Å². The van der Waals surface area contributed by atoms with Gasteiger partial charge in [-0.2, -0.15) is 13.2 Å². The van der Waals surface area contributed by atoms with Gasteiger partial charge in [0.25, 0.3) is 5.78 Å². The van der Waals surface area contributed by atoms with Crippen LogP contribution in [0.25, 0.3) is 0 Å². The fourth-order valence-corrected chi connectivity index (χ4v) is 1.49. The molecular formula is C10H9F3N4O. The molecule has 8 heteroatoms. The van der Waals surface area contributed by atoms with Crippen LogP contribution in [-0.4, -0.2) is 31.5 Å². The molecule has 96 valence electrons. The summed E-state index contributed by atoms with van der Waals surface area (Å²) >= 11 is 0. The minimum absolute atomic E-state index is 0.263. The van der Waals surface area contributed by atoms with Gasteiger partial charge in [0.1, 0.15) is 5.69 Å². The summed E-state index contributed by atoms with van der Waals surface area (Å²) in [7, 11) is 1.69. The lowest BCUT2D eigenvalue weighted by Gasteiger charge is -2.02. The molecule has 2 heterocycles. The van der Waals surface area contributed by atoms with E-state index in [0.29, 0.717) is 5.69 Å². The van der Waals surface area contributed by atoms with E-state index >= 15 is 0 Å². The first-order valence-corrected chi connectivity index (χ1v) is 4.99. The van der Waals surface area contributed by atoms with Gasteiger partial charge in [-0.15, -0.1) is 5.10 Å².